The SMILES string of the molecule is CCOC(=O)/C(C#N)=C1/C=CC(Cl)=CN1. The minimum absolute atomic E-state index is 0.0616. The molecule has 1 N–H and O–H groups in total. The third-order valence-electron chi connectivity index (χ3n) is 1.64. The monoisotopic (exact) mass is 224 g/mol. The Kier molecular flexibility index (Phi) is 3.95. The molecular formula is C10H9ClN2O2. The summed E-state index contributed by atoms with van der Waals surface area (Å²) < 4.78 is 4.73. The minimum atomic E-state index is -0.640. The van der Waals surface area contributed by atoms with Gasteiger partial charge in [0.1, 0.15) is 6.07 Å². The van der Waals surface area contributed by atoms with Gasteiger partial charge in [0.25, 0.3) is 0 Å². The number of carbonyl (C=O) groups is 1. The number of allylic oxidation sites excluding steroid dienone is 3. The van der Waals surface area contributed by atoms with Crippen molar-refractivity contribution in [3.63, 3.8) is 0 Å². The van der Waals surface area contributed by atoms with Crippen molar-refractivity contribution in [2.75, 3.05) is 6.61 Å². The van der Waals surface area contributed by atoms with Gasteiger partial charge in [-0.05, 0) is 19.1 Å². The summed E-state index contributed by atoms with van der Waals surface area (Å²) in [6.07, 6.45) is 4.63. The van der Waals surface area contributed by atoms with Gasteiger partial charge >= 0.3 is 5.97 Å². The molecule has 0 spiro atoms. The molecule has 0 fully saturated rings. The Labute approximate surface area is 92.5 Å². The Morgan fingerprint density at radius 3 is 2.87 bits per heavy atom. The molecule has 0 aromatic carbocycles. The molecule has 78 valence electrons. The van der Waals surface area contributed by atoms with Crippen molar-refractivity contribution in [3.8, 4) is 6.07 Å². The van der Waals surface area contributed by atoms with Gasteiger partial charge in [-0.1, -0.05) is 11.6 Å². The number of dihydropyridines is 1. The Morgan fingerprint density at radius 2 is 2.40 bits per heavy atom. The van der Waals surface area contributed by atoms with Crippen molar-refractivity contribution in [2.24, 2.45) is 0 Å². The Morgan fingerprint density at radius 1 is 1.67 bits per heavy atom. The maximum atomic E-state index is 11.3. The fraction of sp³-hybridized carbons (Fsp3) is 0.200. The smallest absolute Gasteiger partial charge is 0.351 e. The van der Waals surface area contributed by atoms with Crippen LogP contribution in [0.3, 0.4) is 0 Å². The molecule has 4 nitrogen and oxygen atoms in total. The van der Waals surface area contributed by atoms with Gasteiger partial charge in [0.15, 0.2) is 5.57 Å². The fourth-order valence-corrected chi connectivity index (χ4v) is 1.10. The summed E-state index contributed by atoms with van der Waals surface area (Å²) in [5.41, 5.74) is 0.328. The maximum Gasteiger partial charge on any atom is 0.351 e. The first-order valence-electron chi connectivity index (χ1n) is 4.30. The van der Waals surface area contributed by atoms with Crippen LogP contribution >= 0.6 is 11.6 Å². The Hall–Kier alpha value is -1.73. The number of nitrogens with zero attached hydrogens (tertiary/aromatic N) is 1. The number of rotatable bonds is 2. The number of hydrogen-bond acceptors (Lipinski definition) is 4. The van der Waals surface area contributed by atoms with E-state index in [0.29, 0.717) is 10.7 Å². The zero-order valence-electron chi connectivity index (χ0n) is 8.08. The van der Waals surface area contributed by atoms with Crippen LogP contribution in [-0.2, 0) is 9.53 Å². The predicted octanol–water partition coefficient (Wildman–Crippen LogP) is 1.57. The molecule has 0 bridgehead atoms. The number of ether oxygens (including phenoxy) is 1. The summed E-state index contributed by atoms with van der Waals surface area (Å²) in [7, 11) is 0. The van der Waals surface area contributed by atoms with Gasteiger partial charge in [-0.15, -0.1) is 0 Å². The van der Waals surface area contributed by atoms with E-state index < -0.39 is 5.97 Å². The van der Waals surface area contributed by atoms with E-state index in [-0.39, 0.29) is 12.2 Å². The highest BCUT2D eigenvalue weighted by Crippen LogP contribution is 2.13. The molecule has 0 atom stereocenters. The molecule has 1 aliphatic heterocycles. The van der Waals surface area contributed by atoms with Crippen molar-refractivity contribution in [1.82, 2.24) is 5.32 Å². The van der Waals surface area contributed by atoms with Crippen molar-refractivity contribution < 1.29 is 9.53 Å². The van der Waals surface area contributed by atoms with Crippen LogP contribution in [0.1, 0.15) is 6.92 Å². The van der Waals surface area contributed by atoms with E-state index >= 15 is 0 Å². The van der Waals surface area contributed by atoms with E-state index in [4.69, 9.17) is 21.6 Å². The number of hydrogen-bond donors (Lipinski definition) is 1. The number of nitrogens with one attached hydrogen (secondary N) is 1. The van der Waals surface area contributed by atoms with E-state index in [0.717, 1.165) is 0 Å². The lowest BCUT2D eigenvalue weighted by Crippen LogP contribution is -2.16. The number of halogens is 1. The second-order valence-electron chi connectivity index (χ2n) is 2.63. The molecule has 1 heterocycles. The molecular weight excluding hydrogens is 216 g/mol. The van der Waals surface area contributed by atoms with Crippen LogP contribution < -0.4 is 5.32 Å². The predicted molar refractivity (Wildman–Crippen MR) is 55.5 cm³/mol. The van der Waals surface area contributed by atoms with Gasteiger partial charge in [0.2, 0.25) is 0 Å². The summed E-state index contributed by atoms with van der Waals surface area (Å²) in [5, 5.41) is 12.0. The molecule has 0 amide bonds. The first-order valence-corrected chi connectivity index (χ1v) is 4.68. The van der Waals surface area contributed by atoms with Gasteiger partial charge in [0, 0.05) is 6.20 Å². The van der Waals surface area contributed by atoms with Crippen LogP contribution in [0.5, 0.6) is 0 Å². The van der Waals surface area contributed by atoms with Crippen LogP contribution in [-0.4, -0.2) is 12.6 Å². The first-order chi connectivity index (χ1) is 7.19. The largest absolute Gasteiger partial charge is 0.462 e. The van der Waals surface area contributed by atoms with E-state index in [1.165, 1.54) is 6.20 Å². The van der Waals surface area contributed by atoms with Crippen LogP contribution in [0.4, 0.5) is 0 Å². The summed E-state index contributed by atoms with van der Waals surface area (Å²) in [4.78, 5) is 11.3. The number of esters is 1. The van der Waals surface area contributed by atoms with Crippen LogP contribution in [0.25, 0.3) is 0 Å². The van der Waals surface area contributed by atoms with Crippen molar-refractivity contribution in [3.05, 3.63) is 34.7 Å². The Balaban J connectivity index is 2.93. The van der Waals surface area contributed by atoms with E-state index in [2.05, 4.69) is 5.32 Å². The first kappa shape index (κ1) is 11.3. The molecule has 0 aliphatic carbocycles. The van der Waals surface area contributed by atoms with E-state index in [1.807, 2.05) is 0 Å². The lowest BCUT2D eigenvalue weighted by molar-refractivity contribution is -0.138. The van der Waals surface area contributed by atoms with Crippen LogP contribution in [0.15, 0.2) is 34.7 Å². The standard InChI is InChI=1S/C10H9ClN2O2/c1-2-15-10(14)8(5-12)9-4-3-7(11)6-13-9/h3-4,6,13H,2H2,1H3/b9-8-. The topological polar surface area (TPSA) is 62.1 Å². The van der Waals surface area contributed by atoms with Gasteiger partial charge in [0.05, 0.1) is 17.3 Å². The molecule has 1 aliphatic rings. The molecule has 0 saturated carbocycles. The van der Waals surface area contributed by atoms with Crippen LogP contribution in [0, 0.1) is 11.3 Å². The molecule has 5 heteroatoms. The number of carbonyl (C=O) groups excluding carboxylic acids is 1. The average Bonchev–Trinajstić information content (AvgIpc) is 2.22. The zero-order chi connectivity index (χ0) is 11.3. The van der Waals surface area contributed by atoms with Crippen molar-refractivity contribution >= 4 is 17.6 Å². The Bertz CT molecular complexity index is 402. The quantitative estimate of drug-likeness (QED) is 0.439. The molecule has 0 saturated heterocycles. The zero-order valence-corrected chi connectivity index (χ0v) is 8.84. The highest BCUT2D eigenvalue weighted by atomic mass is 35.5. The molecule has 0 radical (unpaired) electrons. The second-order valence-corrected chi connectivity index (χ2v) is 3.06. The number of nitriles is 1. The minimum Gasteiger partial charge on any atom is -0.462 e. The summed E-state index contributed by atoms with van der Waals surface area (Å²) >= 11 is 5.66. The maximum absolute atomic E-state index is 11.3. The van der Waals surface area contributed by atoms with Gasteiger partial charge in [-0.25, -0.2) is 4.79 Å². The second kappa shape index (κ2) is 5.23. The molecule has 0 aromatic rings. The normalized spacial score (nSPS) is 17.3. The molecule has 1 rings (SSSR count). The highest BCUT2D eigenvalue weighted by molar-refractivity contribution is 6.31. The van der Waals surface area contributed by atoms with Crippen molar-refractivity contribution in [2.45, 2.75) is 6.92 Å². The van der Waals surface area contributed by atoms with Gasteiger partial charge in [-0.2, -0.15) is 5.26 Å². The van der Waals surface area contributed by atoms with E-state index in [1.54, 1.807) is 25.1 Å². The average molecular weight is 225 g/mol. The van der Waals surface area contributed by atoms with Gasteiger partial charge in [-0.3, -0.25) is 0 Å². The van der Waals surface area contributed by atoms with Crippen molar-refractivity contribution in [1.29, 1.82) is 5.26 Å². The third-order valence-corrected chi connectivity index (χ3v) is 1.87. The lowest BCUT2D eigenvalue weighted by atomic mass is 10.2. The molecule has 0 aromatic heterocycles. The van der Waals surface area contributed by atoms with Gasteiger partial charge < -0.3 is 10.1 Å². The summed E-state index contributed by atoms with van der Waals surface area (Å²) in [6.45, 7) is 1.91. The fourth-order valence-electron chi connectivity index (χ4n) is 0.980. The highest BCUT2D eigenvalue weighted by Gasteiger charge is 2.15. The van der Waals surface area contributed by atoms with E-state index in [9.17, 15) is 4.79 Å². The summed E-state index contributed by atoms with van der Waals surface area (Å²) in [6, 6.07) is 1.79. The molecule has 0 unspecified atom stereocenters. The summed E-state index contributed by atoms with van der Waals surface area (Å²) in [5.74, 6) is -0.640. The lowest BCUT2D eigenvalue weighted by Gasteiger charge is -2.09. The molecule has 15 heavy (non-hydrogen) atoms. The van der Waals surface area contributed by atoms with Crippen LogP contribution in [0.2, 0.25) is 0 Å². The third kappa shape index (κ3) is 2.86.